The second-order valence-electron chi connectivity index (χ2n) is 11.9. The van der Waals surface area contributed by atoms with Gasteiger partial charge in [-0.25, -0.2) is 14.8 Å². The zero-order chi connectivity index (χ0) is 27.3. The summed E-state index contributed by atoms with van der Waals surface area (Å²) in [6.45, 7) is 7.29. The molecule has 2 aliphatic heterocycles. The quantitative estimate of drug-likeness (QED) is 0.570. The lowest BCUT2D eigenvalue weighted by molar-refractivity contribution is -0.127. The molecule has 208 valence electrons. The fraction of sp³-hybridized carbons (Fsp3) is 0.692. The second-order valence-corrected chi connectivity index (χ2v) is 13.0. The summed E-state index contributed by atoms with van der Waals surface area (Å²) in [5.74, 6) is 0.492. The number of alkyl halides is 3. The molecule has 8 nitrogen and oxygen atoms in total. The Labute approximate surface area is 223 Å². The van der Waals surface area contributed by atoms with Crippen molar-refractivity contribution in [2.24, 2.45) is 5.41 Å². The summed E-state index contributed by atoms with van der Waals surface area (Å²) in [5.41, 5.74) is -0.590. The Kier molecular flexibility index (Phi) is 6.98. The number of nitrogens with one attached hydrogen (secondary N) is 1. The van der Waals surface area contributed by atoms with E-state index in [9.17, 15) is 22.8 Å². The molecular formula is C26H34F3N5O3S. The predicted octanol–water partition coefficient (Wildman–Crippen LogP) is 5.06. The van der Waals surface area contributed by atoms with Gasteiger partial charge in [0.05, 0.1) is 11.8 Å². The molecule has 0 bridgehead atoms. The number of carbonyl (C=O) groups excluding carboxylic acids is 2. The van der Waals surface area contributed by atoms with Gasteiger partial charge in [0, 0.05) is 30.6 Å². The summed E-state index contributed by atoms with van der Waals surface area (Å²) in [4.78, 5) is 39.3. The Hall–Kier alpha value is -2.63. The minimum Gasteiger partial charge on any atom is -0.444 e. The van der Waals surface area contributed by atoms with Crippen molar-refractivity contribution in [3.63, 3.8) is 0 Å². The molecule has 3 fully saturated rings. The van der Waals surface area contributed by atoms with Crippen molar-refractivity contribution >= 4 is 39.4 Å². The zero-order valence-electron chi connectivity index (χ0n) is 21.9. The van der Waals surface area contributed by atoms with E-state index in [1.165, 1.54) is 6.33 Å². The molecule has 1 unspecified atom stereocenters. The molecule has 1 N–H and O–H groups in total. The first-order chi connectivity index (χ1) is 17.8. The monoisotopic (exact) mass is 553 g/mol. The van der Waals surface area contributed by atoms with E-state index in [1.807, 2.05) is 20.8 Å². The van der Waals surface area contributed by atoms with Crippen LogP contribution in [0.25, 0.3) is 10.2 Å². The Morgan fingerprint density at radius 2 is 1.95 bits per heavy atom. The number of hydrogen-bond donors (Lipinski definition) is 1. The van der Waals surface area contributed by atoms with Crippen LogP contribution in [0.4, 0.5) is 23.8 Å². The van der Waals surface area contributed by atoms with Crippen LogP contribution in [0.2, 0.25) is 0 Å². The van der Waals surface area contributed by atoms with E-state index in [2.05, 4.69) is 20.2 Å². The topological polar surface area (TPSA) is 87.7 Å². The number of thiophene rings is 1. The molecule has 2 saturated heterocycles. The van der Waals surface area contributed by atoms with Crippen LogP contribution >= 0.6 is 11.3 Å². The smallest absolute Gasteiger partial charge is 0.410 e. The van der Waals surface area contributed by atoms with Crippen LogP contribution in [0.1, 0.15) is 64.2 Å². The molecule has 2 atom stereocenters. The van der Waals surface area contributed by atoms with Crippen LogP contribution in [0.3, 0.4) is 0 Å². The first-order valence-electron chi connectivity index (χ1n) is 13.2. The van der Waals surface area contributed by atoms with Gasteiger partial charge in [-0.1, -0.05) is 0 Å². The molecule has 1 spiro atoms. The summed E-state index contributed by atoms with van der Waals surface area (Å²) in [5, 5.41) is 3.81. The van der Waals surface area contributed by atoms with Gasteiger partial charge in [0.1, 0.15) is 28.6 Å². The van der Waals surface area contributed by atoms with E-state index in [0.29, 0.717) is 48.5 Å². The van der Waals surface area contributed by atoms with Gasteiger partial charge in [-0.2, -0.15) is 13.2 Å². The molecular weight excluding hydrogens is 519 g/mol. The number of carbonyl (C=O) groups is 2. The summed E-state index contributed by atoms with van der Waals surface area (Å²) in [6.07, 6.45) is 0.630. The normalized spacial score (nSPS) is 23.5. The van der Waals surface area contributed by atoms with Crippen molar-refractivity contribution in [3.8, 4) is 0 Å². The Bertz CT molecular complexity index is 1210. The Morgan fingerprint density at radius 3 is 2.63 bits per heavy atom. The summed E-state index contributed by atoms with van der Waals surface area (Å²) in [6, 6.07) is 0.946. The average molecular weight is 554 g/mol. The molecule has 0 radical (unpaired) electrons. The Morgan fingerprint density at radius 1 is 1.18 bits per heavy atom. The number of nitrogens with zero attached hydrogens (tertiary/aromatic N) is 4. The molecule has 5 rings (SSSR count). The number of anilines is 1. The molecule has 2 aromatic heterocycles. The molecule has 1 saturated carbocycles. The summed E-state index contributed by atoms with van der Waals surface area (Å²) >= 11 is 1.04. The number of aromatic nitrogens is 2. The molecule has 2 amide bonds. The maximum Gasteiger partial charge on any atom is 0.410 e. The maximum atomic E-state index is 13.4. The largest absolute Gasteiger partial charge is 0.444 e. The van der Waals surface area contributed by atoms with Crippen LogP contribution in [-0.2, 0) is 16.0 Å². The van der Waals surface area contributed by atoms with Crippen LogP contribution < -0.4 is 10.2 Å². The van der Waals surface area contributed by atoms with Crippen molar-refractivity contribution in [2.75, 3.05) is 24.5 Å². The molecule has 1 aliphatic carbocycles. The van der Waals surface area contributed by atoms with Gasteiger partial charge in [-0.15, -0.1) is 11.3 Å². The lowest BCUT2D eigenvalue weighted by Gasteiger charge is -2.29. The molecule has 38 heavy (non-hydrogen) atoms. The number of hydrogen-bond acceptors (Lipinski definition) is 7. The third-order valence-corrected chi connectivity index (χ3v) is 8.55. The van der Waals surface area contributed by atoms with Crippen molar-refractivity contribution in [1.82, 2.24) is 20.2 Å². The number of fused-ring (bicyclic) bond motifs is 1. The molecule has 3 aliphatic rings. The highest BCUT2D eigenvalue weighted by Crippen LogP contribution is 2.55. The van der Waals surface area contributed by atoms with E-state index in [0.717, 1.165) is 37.0 Å². The van der Waals surface area contributed by atoms with E-state index in [4.69, 9.17) is 4.74 Å². The van der Waals surface area contributed by atoms with Crippen molar-refractivity contribution in [1.29, 1.82) is 0 Å². The molecule has 12 heteroatoms. The van der Waals surface area contributed by atoms with Crippen molar-refractivity contribution in [3.05, 3.63) is 17.3 Å². The summed E-state index contributed by atoms with van der Waals surface area (Å²) < 4.78 is 44.4. The average Bonchev–Trinajstić information content (AvgIpc) is 3.34. The van der Waals surface area contributed by atoms with E-state index in [1.54, 1.807) is 11.0 Å². The van der Waals surface area contributed by atoms with Crippen LogP contribution in [0.15, 0.2) is 12.4 Å². The zero-order valence-corrected chi connectivity index (χ0v) is 22.8. The fourth-order valence-corrected chi connectivity index (χ4v) is 6.54. The van der Waals surface area contributed by atoms with Gasteiger partial charge in [0.2, 0.25) is 5.91 Å². The highest BCUT2D eigenvalue weighted by molar-refractivity contribution is 7.18. The number of halogens is 3. The first kappa shape index (κ1) is 27.0. The number of amides is 2. The number of rotatable bonds is 4. The molecule has 0 aromatic carbocycles. The minimum absolute atomic E-state index is 0.0447. The highest BCUT2D eigenvalue weighted by atomic mass is 32.1. The van der Waals surface area contributed by atoms with Gasteiger partial charge in [0.25, 0.3) is 0 Å². The SMILES string of the molecule is CC(C)(C)OC(=O)N1CC2(CC2)C[C@@H]1C(=O)NC1CCCN(c2ncnc3sc(CC(F)(F)F)cc23)CC1. The van der Waals surface area contributed by atoms with Crippen LogP contribution in [0, 0.1) is 5.41 Å². The highest BCUT2D eigenvalue weighted by Gasteiger charge is 2.56. The standard InChI is InChI=1S/C26H34F3N5O3S/c1-24(2,3)37-23(36)34-14-25(7-8-25)13-19(34)21(35)32-16-5-4-9-33(10-6-16)20-18-11-17(12-26(27,28)29)38-22(18)31-15-30-20/h11,15-16,19H,4-10,12-14H2,1-3H3,(H,32,35)/t16?,19-/m1/s1. The van der Waals surface area contributed by atoms with Gasteiger partial charge >= 0.3 is 12.3 Å². The summed E-state index contributed by atoms with van der Waals surface area (Å²) in [7, 11) is 0. The minimum atomic E-state index is -4.28. The van der Waals surface area contributed by atoms with Crippen molar-refractivity contribution in [2.45, 2.75) is 89.6 Å². The molecule has 4 heterocycles. The molecule has 2 aromatic rings. The number of ether oxygens (including phenoxy) is 1. The first-order valence-corrected chi connectivity index (χ1v) is 14.0. The van der Waals surface area contributed by atoms with E-state index >= 15 is 0 Å². The van der Waals surface area contributed by atoms with Gasteiger partial charge in [-0.05, 0) is 70.8 Å². The Balaban J connectivity index is 1.24. The number of likely N-dealkylation sites (tertiary alicyclic amines) is 1. The predicted molar refractivity (Wildman–Crippen MR) is 138 cm³/mol. The van der Waals surface area contributed by atoms with Gasteiger partial charge in [-0.3, -0.25) is 9.69 Å². The van der Waals surface area contributed by atoms with E-state index in [-0.39, 0.29) is 22.2 Å². The van der Waals surface area contributed by atoms with Gasteiger partial charge in [0.15, 0.2) is 0 Å². The van der Waals surface area contributed by atoms with E-state index < -0.39 is 30.3 Å². The third kappa shape index (κ3) is 6.16. The fourth-order valence-electron chi connectivity index (χ4n) is 5.52. The van der Waals surface area contributed by atoms with Gasteiger partial charge < -0.3 is 15.0 Å². The van der Waals surface area contributed by atoms with Crippen LogP contribution in [-0.4, -0.2) is 70.4 Å². The lowest BCUT2D eigenvalue weighted by Crippen LogP contribution is -2.50. The lowest BCUT2D eigenvalue weighted by atomic mass is 10.0. The maximum absolute atomic E-state index is 13.4. The third-order valence-electron chi connectivity index (χ3n) is 7.50. The van der Waals surface area contributed by atoms with Crippen molar-refractivity contribution < 1.29 is 27.5 Å². The van der Waals surface area contributed by atoms with Crippen LogP contribution in [0.5, 0.6) is 0 Å². The second kappa shape index (κ2) is 9.84.